The van der Waals surface area contributed by atoms with Crippen molar-refractivity contribution in [3.8, 4) is 5.88 Å². The number of nitrogens with two attached hydrogens (primary N) is 1. The SMILES string of the molecule is COc1ccc(C(=N)N)nn1. The lowest BCUT2D eigenvalue weighted by molar-refractivity contribution is 0.392. The molecule has 0 spiro atoms. The molecule has 11 heavy (non-hydrogen) atoms. The fourth-order valence-corrected chi connectivity index (χ4v) is 0.573. The highest BCUT2D eigenvalue weighted by Gasteiger charge is 1.98. The molecule has 0 unspecified atom stereocenters. The van der Waals surface area contributed by atoms with Crippen LogP contribution in [0.4, 0.5) is 0 Å². The van der Waals surface area contributed by atoms with Crippen molar-refractivity contribution < 1.29 is 4.74 Å². The Labute approximate surface area is 63.7 Å². The van der Waals surface area contributed by atoms with Crippen LogP contribution < -0.4 is 10.5 Å². The third-order valence-corrected chi connectivity index (χ3v) is 1.13. The molecule has 0 aliphatic carbocycles. The smallest absolute Gasteiger partial charge is 0.233 e. The zero-order chi connectivity index (χ0) is 8.27. The number of nitrogen functional groups attached to an aromatic ring is 1. The molecule has 1 heterocycles. The Bertz CT molecular complexity index is 256. The molecule has 1 aromatic heterocycles. The summed E-state index contributed by atoms with van der Waals surface area (Å²) in [5.74, 6) is 0.315. The monoisotopic (exact) mass is 152 g/mol. The van der Waals surface area contributed by atoms with Crippen molar-refractivity contribution in [1.29, 1.82) is 5.41 Å². The minimum atomic E-state index is -0.0971. The lowest BCUT2D eigenvalue weighted by Gasteiger charge is -1.97. The molecule has 1 aromatic rings. The lowest BCUT2D eigenvalue weighted by atomic mass is 10.4. The molecule has 0 saturated carbocycles. The van der Waals surface area contributed by atoms with E-state index in [1.807, 2.05) is 0 Å². The predicted molar refractivity (Wildman–Crippen MR) is 39.6 cm³/mol. The molecule has 0 radical (unpaired) electrons. The zero-order valence-corrected chi connectivity index (χ0v) is 6.03. The third kappa shape index (κ3) is 1.64. The number of amidine groups is 1. The van der Waals surface area contributed by atoms with Gasteiger partial charge < -0.3 is 10.5 Å². The van der Waals surface area contributed by atoms with Crippen LogP contribution in [0, 0.1) is 5.41 Å². The number of aromatic nitrogens is 2. The van der Waals surface area contributed by atoms with E-state index in [1.165, 1.54) is 7.11 Å². The molecule has 0 saturated heterocycles. The molecule has 0 aliphatic heterocycles. The van der Waals surface area contributed by atoms with Crippen LogP contribution in [0.3, 0.4) is 0 Å². The summed E-state index contributed by atoms with van der Waals surface area (Å²) in [4.78, 5) is 0. The van der Waals surface area contributed by atoms with Crippen LogP contribution in [-0.2, 0) is 0 Å². The van der Waals surface area contributed by atoms with Crippen molar-refractivity contribution in [3.63, 3.8) is 0 Å². The van der Waals surface area contributed by atoms with Crippen LogP contribution in [0.1, 0.15) is 5.69 Å². The summed E-state index contributed by atoms with van der Waals surface area (Å²) in [6, 6.07) is 3.18. The van der Waals surface area contributed by atoms with E-state index in [0.29, 0.717) is 11.6 Å². The predicted octanol–water partition coefficient (Wildman–Crippen LogP) is -0.231. The minimum absolute atomic E-state index is 0.0971. The summed E-state index contributed by atoms with van der Waals surface area (Å²) in [5.41, 5.74) is 5.50. The number of hydrogen-bond donors (Lipinski definition) is 2. The van der Waals surface area contributed by atoms with Gasteiger partial charge in [-0.05, 0) is 6.07 Å². The highest BCUT2D eigenvalue weighted by atomic mass is 16.5. The van der Waals surface area contributed by atoms with Crippen LogP contribution >= 0.6 is 0 Å². The number of ether oxygens (including phenoxy) is 1. The second kappa shape index (κ2) is 2.96. The molecule has 5 nitrogen and oxygen atoms in total. The van der Waals surface area contributed by atoms with Gasteiger partial charge in [0.2, 0.25) is 5.88 Å². The summed E-state index contributed by atoms with van der Waals surface area (Å²) in [6.07, 6.45) is 0. The first-order valence-corrected chi connectivity index (χ1v) is 2.96. The van der Waals surface area contributed by atoms with Gasteiger partial charge in [-0.2, -0.15) is 0 Å². The van der Waals surface area contributed by atoms with E-state index < -0.39 is 0 Å². The topological polar surface area (TPSA) is 84.9 Å². The van der Waals surface area contributed by atoms with E-state index in [1.54, 1.807) is 12.1 Å². The summed E-state index contributed by atoms with van der Waals surface area (Å²) >= 11 is 0. The first-order chi connectivity index (χ1) is 5.24. The first-order valence-electron chi connectivity index (χ1n) is 2.96. The van der Waals surface area contributed by atoms with Gasteiger partial charge in [-0.1, -0.05) is 0 Å². The van der Waals surface area contributed by atoms with E-state index in [9.17, 15) is 0 Å². The molecule has 0 fully saturated rings. The normalized spacial score (nSPS) is 9.18. The maximum absolute atomic E-state index is 7.00. The Morgan fingerprint density at radius 1 is 1.55 bits per heavy atom. The van der Waals surface area contributed by atoms with Gasteiger partial charge in [-0.15, -0.1) is 10.2 Å². The van der Waals surface area contributed by atoms with E-state index in [2.05, 4.69) is 10.2 Å². The molecule has 5 heteroatoms. The van der Waals surface area contributed by atoms with Crippen LogP contribution in [0.2, 0.25) is 0 Å². The quantitative estimate of drug-likeness (QED) is 0.452. The lowest BCUT2D eigenvalue weighted by Crippen LogP contribution is -2.13. The Hall–Kier alpha value is -1.65. The largest absolute Gasteiger partial charge is 0.480 e. The highest BCUT2D eigenvalue weighted by molar-refractivity contribution is 5.92. The van der Waals surface area contributed by atoms with Gasteiger partial charge >= 0.3 is 0 Å². The van der Waals surface area contributed by atoms with Gasteiger partial charge in [0, 0.05) is 6.07 Å². The Balaban J connectivity index is 2.91. The van der Waals surface area contributed by atoms with Crippen molar-refractivity contribution in [1.82, 2.24) is 10.2 Å². The van der Waals surface area contributed by atoms with Crippen molar-refractivity contribution in [3.05, 3.63) is 17.8 Å². The summed E-state index contributed by atoms with van der Waals surface area (Å²) in [5, 5.41) is 14.2. The Kier molecular flexibility index (Phi) is 2.00. The maximum Gasteiger partial charge on any atom is 0.233 e. The van der Waals surface area contributed by atoms with Crippen LogP contribution in [-0.4, -0.2) is 23.1 Å². The minimum Gasteiger partial charge on any atom is -0.480 e. The zero-order valence-electron chi connectivity index (χ0n) is 6.03. The standard InChI is InChI=1S/C6H8N4O/c1-11-5-3-2-4(6(7)8)9-10-5/h2-3H,1H3,(H3,7,8). The van der Waals surface area contributed by atoms with Gasteiger partial charge in [0.1, 0.15) is 11.5 Å². The fourth-order valence-electron chi connectivity index (χ4n) is 0.573. The fraction of sp³-hybridized carbons (Fsp3) is 0.167. The number of nitrogens with one attached hydrogen (secondary N) is 1. The number of rotatable bonds is 2. The van der Waals surface area contributed by atoms with Gasteiger partial charge in [0.05, 0.1) is 7.11 Å². The Morgan fingerprint density at radius 2 is 2.27 bits per heavy atom. The van der Waals surface area contributed by atoms with Gasteiger partial charge in [0.15, 0.2) is 0 Å². The average Bonchev–Trinajstić information content (AvgIpc) is 2.05. The van der Waals surface area contributed by atoms with E-state index in [4.69, 9.17) is 15.9 Å². The number of methoxy groups -OCH3 is 1. The van der Waals surface area contributed by atoms with E-state index in [0.717, 1.165) is 0 Å². The second-order valence-electron chi connectivity index (χ2n) is 1.87. The molecule has 58 valence electrons. The molecule has 0 bridgehead atoms. The molecule has 0 aromatic carbocycles. The number of hydrogen-bond acceptors (Lipinski definition) is 4. The summed E-state index contributed by atoms with van der Waals surface area (Å²) < 4.78 is 4.76. The molecular formula is C6H8N4O. The van der Waals surface area contributed by atoms with Crippen molar-refractivity contribution in [2.75, 3.05) is 7.11 Å². The third-order valence-electron chi connectivity index (χ3n) is 1.13. The van der Waals surface area contributed by atoms with Gasteiger partial charge in [-0.3, -0.25) is 5.41 Å². The van der Waals surface area contributed by atoms with Crippen LogP contribution in [0.5, 0.6) is 5.88 Å². The second-order valence-corrected chi connectivity index (χ2v) is 1.87. The molecular weight excluding hydrogens is 144 g/mol. The van der Waals surface area contributed by atoms with Crippen LogP contribution in [0.25, 0.3) is 0 Å². The van der Waals surface area contributed by atoms with Crippen molar-refractivity contribution in [2.24, 2.45) is 5.73 Å². The maximum atomic E-state index is 7.00. The highest BCUT2D eigenvalue weighted by Crippen LogP contribution is 2.02. The van der Waals surface area contributed by atoms with E-state index >= 15 is 0 Å². The molecule has 0 atom stereocenters. The van der Waals surface area contributed by atoms with Gasteiger partial charge in [0.25, 0.3) is 0 Å². The summed E-state index contributed by atoms with van der Waals surface area (Å²) in [6.45, 7) is 0. The van der Waals surface area contributed by atoms with Gasteiger partial charge in [-0.25, -0.2) is 0 Å². The summed E-state index contributed by atoms with van der Waals surface area (Å²) in [7, 11) is 1.50. The molecule has 0 amide bonds. The van der Waals surface area contributed by atoms with Crippen LogP contribution in [0.15, 0.2) is 12.1 Å². The average molecular weight is 152 g/mol. The van der Waals surface area contributed by atoms with Crippen molar-refractivity contribution in [2.45, 2.75) is 0 Å². The van der Waals surface area contributed by atoms with Crippen molar-refractivity contribution >= 4 is 5.84 Å². The Morgan fingerprint density at radius 3 is 2.64 bits per heavy atom. The van der Waals surface area contributed by atoms with E-state index in [-0.39, 0.29) is 5.84 Å². The molecule has 3 N–H and O–H groups in total. The first kappa shape index (κ1) is 7.46. The molecule has 1 rings (SSSR count). The number of nitrogens with zero attached hydrogens (tertiary/aromatic N) is 2. The molecule has 0 aliphatic rings.